The van der Waals surface area contributed by atoms with Crippen LogP contribution in [0.15, 0.2) is 24.3 Å². The molecule has 0 saturated heterocycles. The Labute approximate surface area is 108 Å². The minimum absolute atomic E-state index is 0.0925. The van der Waals surface area contributed by atoms with E-state index in [1.807, 2.05) is 24.9 Å². The van der Waals surface area contributed by atoms with Crippen LogP contribution < -0.4 is 4.90 Å². The maximum atomic E-state index is 13.6. The van der Waals surface area contributed by atoms with Gasteiger partial charge in [0.2, 0.25) is 5.13 Å². The zero-order chi connectivity index (χ0) is 12.4. The van der Waals surface area contributed by atoms with Crippen LogP contribution in [-0.2, 0) is 0 Å². The van der Waals surface area contributed by atoms with E-state index in [9.17, 15) is 4.39 Å². The molecule has 0 bridgehead atoms. The van der Waals surface area contributed by atoms with Crippen molar-refractivity contribution in [1.29, 1.82) is 0 Å². The quantitative estimate of drug-likeness (QED) is 0.865. The van der Waals surface area contributed by atoms with Gasteiger partial charge in [-0.15, -0.1) is 5.10 Å². The van der Waals surface area contributed by atoms with E-state index in [0.29, 0.717) is 9.52 Å². The van der Waals surface area contributed by atoms with Crippen molar-refractivity contribution < 1.29 is 4.39 Å². The van der Waals surface area contributed by atoms with Crippen LogP contribution in [0, 0.1) is 9.77 Å². The summed E-state index contributed by atoms with van der Waals surface area (Å²) in [5.74, 6) is -0.203. The Morgan fingerprint density at radius 1 is 1.47 bits per heavy atom. The van der Waals surface area contributed by atoms with Gasteiger partial charge in [-0.1, -0.05) is 29.5 Å². The molecule has 0 spiro atoms. The second-order valence-electron chi connectivity index (χ2n) is 3.70. The van der Waals surface area contributed by atoms with Gasteiger partial charge >= 0.3 is 0 Å². The van der Waals surface area contributed by atoms with Gasteiger partial charge in [0.1, 0.15) is 5.82 Å². The zero-order valence-electron chi connectivity index (χ0n) is 9.48. The fraction of sp³-hybridized carbons (Fsp3) is 0.273. The van der Waals surface area contributed by atoms with Crippen molar-refractivity contribution in [1.82, 2.24) is 10.2 Å². The van der Waals surface area contributed by atoms with Crippen LogP contribution in [0.25, 0.3) is 0 Å². The molecule has 1 unspecified atom stereocenters. The third-order valence-corrected chi connectivity index (χ3v) is 3.84. The van der Waals surface area contributed by atoms with Crippen molar-refractivity contribution in [3.05, 3.63) is 39.6 Å². The van der Waals surface area contributed by atoms with Crippen molar-refractivity contribution >= 4 is 28.7 Å². The van der Waals surface area contributed by atoms with Crippen molar-refractivity contribution in [2.75, 3.05) is 11.9 Å². The molecule has 1 aromatic heterocycles. The van der Waals surface area contributed by atoms with Gasteiger partial charge in [0, 0.05) is 12.6 Å². The lowest BCUT2D eigenvalue weighted by molar-refractivity contribution is 0.584. The Kier molecular flexibility index (Phi) is 3.54. The number of nitrogens with one attached hydrogen (secondary N) is 1. The zero-order valence-corrected chi connectivity index (χ0v) is 11.1. The molecule has 0 aliphatic heterocycles. The Bertz CT molecular complexity index is 564. The van der Waals surface area contributed by atoms with E-state index < -0.39 is 0 Å². The number of rotatable bonds is 3. The van der Waals surface area contributed by atoms with E-state index in [4.69, 9.17) is 12.2 Å². The molecule has 1 aromatic carbocycles. The number of nitrogens with zero attached hydrogens (tertiary/aromatic N) is 2. The third kappa shape index (κ3) is 2.53. The monoisotopic (exact) mass is 269 g/mol. The van der Waals surface area contributed by atoms with Crippen LogP contribution >= 0.6 is 23.6 Å². The average molecular weight is 269 g/mol. The van der Waals surface area contributed by atoms with Crippen LogP contribution in [0.5, 0.6) is 0 Å². The highest BCUT2D eigenvalue weighted by atomic mass is 32.1. The van der Waals surface area contributed by atoms with E-state index in [2.05, 4.69) is 10.2 Å². The van der Waals surface area contributed by atoms with Gasteiger partial charge in [-0.05, 0) is 25.2 Å². The molecule has 90 valence electrons. The van der Waals surface area contributed by atoms with Crippen molar-refractivity contribution in [2.45, 2.75) is 13.0 Å². The second-order valence-corrected chi connectivity index (χ2v) is 5.35. The standard InChI is InChI=1S/C11H12FN3S2/c1-7(8-5-3-4-6-9(8)12)15(2)10-13-14-11(16)17-10/h3-7H,1-2H3,(H,14,16). The molecule has 0 amide bonds. The lowest BCUT2D eigenvalue weighted by Gasteiger charge is -2.24. The predicted octanol–water partition coefficient (Wildman–Crippen LogP) is 3.54. The minimum atomic E-state index is -0.203. The lowest BCUT2D eigenvalue weighted by Crippen LogP contribution is -2.22. The highest BCUT2D eigenvalue weighted by molar-refractivity contribution is 7.73. The molecular weight excluding hydrogens is 257 g/mol. The SMILES string of the molecule is CC(c1ccccc1F)N(C)c1n[nH]c(=S)s1. The minimum Gasteiger partial charge on any atom is -0.343 e. The van der Waals surface area contributed by atoms with E-state index in [1.165, 1.54) is 17.4 Å². The fourth-order valence-electron chi connectivity index (χ4n) is 1.56. The number of benzene rings is 1. The Balaban J connectivity index is 2.29. The average Bonchev–Trinajstić information content (AvgIpc) is 2.75. The van der Waals surface area contributed by atoms with Gasteiger partial charge in [0.15, 0.2) is 3.95 Å². The van der Waals surface area contributed by atoms with E-state index in [0.717, 1.165) is 5.13 Å². The van der Waals surface area contributed by atoms with Gasteiger partial charge in [-0.3, -0.25) is 5.10 Å². The normalized spacial score (nSPS) is 12.4. The summed E-state index contributed by atoms with van der Waals surface area (Å²) in [5, 5.41) is 7.56. The van der Waals surface area contributed by atoms with E-state index >= 15 is 0 Å². The maximum Gasteiger partial charge on any atom is 0.207 e. The number of anilines is 1. The number of halogens is 1. The van der Waals surface area contributed by atoms with Crippen LogP contribution in [0.1, 0.15) is 18.5 Å². The summed E-state index contributed by atoms with van der Waals surface area (Å²) in [6.07, 6.45) is 0. The molecule has 0 fully saturated rings. The highest BCUT2D eigenvalue weighted by Crippen LogP contribution is 2.27. The summed E-state index contributed by atoms with van der Waals surface area (Å²) in [6, 6.07) is 6.67. The summed E-state index contributed by atoms with van der Waals surface area (Å²) < 4.78 is 14.3. The number of aromatic amines is 1. The number of aromatic nitrogens is 2. The van der Waals surface area contributed by atoms with Crippen LogP contribution in [0.2, 0.25) is 0 Å². The van der Waals surface area contributed by atoms with E-state index in [-0.39, 0.29) is 11.9 Å². The van der Waals surface area contributed by atoms with E-state index in [1.54, 1.807) is 12.1 Å². The molecule has 0 radical (unpaired) electrons. The van der Waals surface area contributed by atoms with Gasteiger partial charge in [0.25, 0.3) is 0 Å². The van der Waals surface area contributed by atoms with Crippen molar-refractivity contribution in [3.8, 4) is 0 Å². The fourth-order valence-corrected chi connectivity index (χ4v) is 2.48. The summed E-state index contributed by atoms with van der Waals surface area (Å²) in [7, 11) is 1.87. The van der Waals surface area contributed by atoms with Crippen LogP contribution in [0.4, 0.5) is 9.52 Å². The first-order valence-electron chi connectivity index (χ1n) is 5.12. The molecule has 2 aromatic rings. The first kappa shape index (κ1) is 12.2. The molecule has 1 heterocycles. The van der Waals surface area contributed by atoms with Gasteiger partial charge < -0.3 is 4.90 Å². The number of hydrogen-bond acceptors (Lipinski definition) is 4. The highest BCUT2D eigenvalue weighted by Gasteiger charge is 2.17. The van der Waals surface area contributed by atoms with Gasteiger partial charge in [-0.25, -0.2) is 4.39 Å². The molecule has 0 saturated carbocycles. The Hall–Kier alpha value is -1.27. The summed E-state index contributed by atoms with van der Waals surface area (Å²) in [6.45, 7) is 1.93. The molecule has 17 heavy (non-hydrogen) atoms. The van der Waals surface area contributed by atoms with Gasteiger partial charge in [0.05, 0.1) is 6.04 Å². The summed E-state index contributed by atoms with van der Waals surface area (Å²) in [5.41, 5.74) is 0.649. The molecule has 0 aliphatic carbocycles. The first-order chi connectivity index (χ1) is 8.09. The Morgan fingerprint density at radius 3 is 2.76 bits per heavy atom. The molecule has 1 atom stereocenters. The van der Waals surface area contributed by atoms with Crippen molar-refractivity contribution in [3.63, 3.8) is 0 Å². The summed E-state index contributed by atoms with van der Waals surface area (Å²) in [4.78, 5) is 1.90. The smallest absolute Gasteiger partial charge is 0.207 e. The second kappa shape index (κ2) is 4.93. The molecule has 0 aliphatic rings. The number of hydrogen-bond donors (Lipinski definition) is 1. The Morgan fingerprint density at radius 2 is 2.18 bits per heavy atom. The number of H-pyrrole nitrogens is 1. The lowest BCUT2D eigenvalue weighted by atomic mass is 10.1. The largest absolute Gasteiger partial charge is 0.343 e. The topological polar surface area (TPSA) is 31.9 Å². The molecule has 3 nitrogen and oxygen atoms in total. The molecule has 2 rings (SSSR count). The molecule has 1 N–H and O–H groups in total. The molecule has 6 heteroatoms. The van der Waals surface area contributed by atoms with Crippen molar-refractivity contribution in [2.24, 2.45) is 0 Å². The van der Waals surface area contributed by atoms with Gasteiger partial charge in [-0.2, -0.15) is 0 Å². The molecular formula is C11H12FN3S2. The van der Waals surface area contributed by atoms with Crippen LogP contribution in [0.3, 0.4) is 0 Å². The van der Waals surface area contributed by atoms with Crippen LogP contribution in [-0.4, -0.2) is 17.2 Å². The predicted molar refractivity (Wildman–Crippen MR) is 70.5 cm³/mol. The first-order valence-corrected chi connectivity index (χ1v) is 6.35. The summed E-state index contributed by atoms with van der Waals surface area (Å²) >= 11 is 6.36. The maximum absolute atomic E-state index is 13.6. The third-order valence-electron chi connectivity index (χ3n) is 2.66.